The van der Waals surface area contributed by atoms with Crippen LogP contribution in [-0.4, -0.2) is 31.3 Å². The van der Waals surface area contributed by atoms with Gasteiger partial charge < -0.3 is 15.4 Å². The molecule has 1 fully saturated rings. The Morgan fingerprint density at radius 2 is 2.10 bits per heavy atom. The summed E-state index contributed by atoms with van der Waals surface area (Å²) < 4.78 is 5.82. The second-order valence-electron chi connectivity index (χ2n) is 6.83. The number of fused-ring (bicyclic) bond motifs is 1. The lowest BCUT2D eigenvalue weighted by atomic mass is 9.54. The van der Waals surface area contributed by atoms with Gasteiger partial charge in [0.05, 0.1) is 6.10 Å². The molecule has 1 aromatic rings. The standard InChI is InChI=1S/C17H26N2O/c1-4-20-15-11-17(18,16(15,2)3)12-19-10-9-13-7-5-6-8-14(13)19/h5-8,15H,4,9-12,18H2,1-3H3. The maximum atomic E-state index is 6.72. The highest BCUT2D eigenvalue weighted by atomic mass is 16.5. The van der Waals surface area contributed by atoms with Gasteiger partial charge in [-0.2, -0.15) is 0 Å². The first kappa shape index (κ1) is 13.9. The van der Waals surface area contributed by atoms with E-state index in [-0.39, 0.29) is 11.0 Å². The van der Waals surface area contributed by atoms with E-state index in [1.54, 1.807) is 0 Å². The molecule has 0 radical (unpaired) electrons. The molecule has 0 amide bonds. The molecular weight excluding hydrogens is 248 g/mol. The zero-order valence-electron chi connectivity index (χ0n) is 12.9. The molecular formula is C17H26N2O. The quantitative estimate of drug-likeness (QED) is 0.917. The summed E-state index contributed by atoms with van der Waals surface area (Å²) in [5.41, 5.74) is 9.43. The first-order chi connectivity index (χ1) is 9.48. The third-order valence-corrected chi connectivity index (χ3v) is 5.46. The van der Waals surface area contributed by atoms with Crippen LogP contribution in [0.1, 0.15) is 32.8 Å². The fourth-order valence-electron chi connectivity index (χ4n) is 3.69. The first-order valence-corrected chi connectivity index (χ1v) is 7.71. The molecule has 1 saturated carbocycles. The lowest BCUT2D eigenvalue weighted by Crippen LogP contribution is -2.73. The predicted molar refractivity (Wildman–Crippen MR) is 83.1 cm³/mol. The van der Waals surface area contributed by atoms with Crippen LogP contribution >= 0.6 is 0 Å². The second-order valence-corrected chi connectivity index (χ2v) is 6.83. The van der Waals surface area contributed by atoms with Crippen molar-refractivity contribution in [3.8, 4) is 0 Å². The zero-order valence-corrected chi connectivity index (χ0v) is 12.9. The highest BCUT2D eigenvalue weighted by molar-refractivity contribution is 5.58. The van der Waals surface area contributed by atoms with Gasteiger partial charge in [0.25, 0.3) is 0 Å². The Hall–Kier alpha value is -1.06. The Morgan fingerprint density at radius 1 is 1.35 bits per heavy atom. The Kier molecular flexibility index (Phi) is 3.30. The van der Waals surface area contributed by atoms with Gasteiger partial charge in [-0.3, -0.25) is 0 Å². The molecule has 0 aromatic heterocycles. The van der Waals surface area contributed by atoms with Crippen molar-refractivity contribution in [1.82, 2.24) is 0 Å². The van der Waals surface area contributed by atoms with Crippen LogP contribution in [0.5, 0.6) is 0 Å². The first-order valence-electron chi connectivity index (χ1n) is 7.71. The van der Waals surface area contributed by atoms with Gasteiger partial charge in [0.15, 0.2) is 0 Å². The molecule has 1 aliphatic heterocycles. The number of ether oxygens (including phenoxy) is 1. The molecule has 0 saturated heterocycles. The third kappa shape index (κ3) is 1.95. The minimum atomic E-state index is -0.149. The van der Waals surface area contributed by atoms with Crippen molar-refractivity contribution in [2.75, 3.05) is 24.6 Å². The highest BCUT2D eigenvalue weighted by Crippen LogP contribution is 2.50. The van der Waals surface area contributed by atoms with Gasteiger partial charge in [-0.15, -0.1) is 0 Å². The van der Waals surface area contributed by atoms with Crippen LogP contribution < -0.4 is 10.6 Å². The van der Waals surface area contributed by atoms with Gasteiger partial charge in [0.2, 0.25) is 0 Å². The molecule has 20 heavy (non-hydrogen) atoms. The number of benzene rings is 1. The van der Waals surface area contributed by atoms with E-state index in [1.807, 2.05) is 0 Å². The molecule has 3 rings (SSSR count). The Morgan fingerprint density at radius 3 is 2.80 bits per heavy atom. The molecule has 1 heterocycles. The Labute approximate surface area is 122 Å². The fourth-order valence-corrected chi connectivity index (χ4v) is 3.69. The van der Waals surface area contributed by atoms with Crippen molar-refractivity contribution in [1.29, 1.82) is 0 Å². The maximum absolute atomic E-state index is 6.72. The number of hydrogen-bond acceptors (Lipinski definition) is 3. The lowest BCUT2D eigenvalue weighted by molar-refractivity contribution is -0.146. The summed E-state index contributed by atoms with van der Waals surface area (Å²) in [7, 11) is 0. The van der Waals surface area contributed by atoms with E-state index in [2.05, 4.69) is 49.9 Å². The number of hydrogen-bond donors (Lipinski definition) is 1. The molecule has 2 atom stereocenters. The molecule has 110 valence electrons. The van der Waals surface area contributed by atoms with Crippen molar-refractivity contribution in [2.45, 2.75) is 45.3 Å². The average Bonchev–Trinajstić information content (AvgIpc) is 2.82. The molecule has 1 aliphatic carbocycles. The molecule has 2 unspecified atom stereocenters. The highest BCUT2D eigenvalue weighted by Gasteiger charge is 2.59. The van der Waals surface area contributed by atoms with Crippen LogP contribution in [0.3, 0.4) is 0 Å². The lowest BCUT2D eigenvalue weighted by Gasteiger charge is -2.60. The van der Waals surface area contributed by atoms with Crippen molar-refractivity contribution < 1.29 is 4.74 Å². The maximum Gasteiger partial charge on any atom is 0.0662 e. The summed E-state index contributed by atoms with van der Waals surface area (Å²) in [6, 6.07) is 8.69. The smallest absolute Gasteiger partial charge is 0.0662 e. The molecule has 0 bridgehead atoms. The van der Waals surface area contributed by atoms with Crippen molar-refractivity contribution >= 4 is 5.69 Å². The fraction of sp³-hybridized carbons (Fsp3) is 0.647. The Balaban J connectivity index is 1.73. The molecule has 1 aromatic carbocycles. The summed E-state index contributed by atoms with van der Waals surface area (Å²) in [6.07, 6.45) is 2.41. The molecule has 3 nitrogen and oxygen atoms in total. The van der Waals surface area contributed by atoms with Crippen LogP contribution in [-0.2, 0) is 11.2 Å². The van der Waals surface area contributed by atoms with Crippen LogP contribution in [0, 0.1) is 5.41 Å². The number of nitrogens with zero attached hydrogens (tertiary/aromatic N) is 1. The number of anilines is 1. The van der Waals surface area contributed by atoms with Gasteiger partial charge in [-0.25, -0.2) is 0 Å². The van der Waals surface area contributed by atoms with E-state index in [0.717, 1.165) is 32.5 Å². The van der Waals surface area contributed by atoms with Gasteiger partial charge in [-0.1, -0.05) is 32.0 Å². The van der Waals surface area contributed by atoms with Crippen LogP contribution in [0.2, 0.25) is 0 Å². The topological polar surface area (TPSA) is 38.5 Å². The van der Waals surface area contributed by atoms with Crippen LogP contribution in [0.15, 0.2) is 24.3 Å². The third-order valence-electron chi connectivity index (χ3n) is 5.46. The molecule has 2 aliphatic rings. The van der Waals surface area contributed by atoms with Crippen LogP contribution in [0.25, 0.3) is 0 Å². The summed E-state index contributed by atoms with van der Waals surface area (Å²) in [5, 5.41) is 0. The number of nitrogens with two attached hydrogens (primary N) is 1. The number of rotatable bonds is 4. The summed E-state index contributed by atoms with van der Waals surface area (Å²) in [4.78, 5) is 2.46. The van der Waals surface area contributed by atoms with Gasteiger partial charge in [-0.05, 0) is 31.4 Å². The largest absolute Gasteiger partial charge is 0.378 e. The van der Waals surface area contributed by atoms with E-state index in [0.29, 0.717) is 6.10 Å². The van der Waals surface area contributed by atoms with Crippen LogP contribution in [0.4, 0.5) is 5.69 Å². The molecule has 3 heteroatoms. The van der Waals surface area contributed by atoms with Gasteiger partial charge in [0.1, 0.15) is 0 Å². The van der Waals surface area contributed by atoms with Crippen molar-refractivity contribution in [3.63, 3.8) is 0 Å². The minimum Gasteiger partial charge on any atom is -0.378 e. The summed E-state index contributed by atoms with van der Waals surface area (Å²) in [5.74, 6) is 0. The van der Waals surface area contributed by atoms with E-state index >= 15 is 0 Å². The second kappa shape index (κ2) is 4.74. The van der Waals surface area contributed by atoms with Gasteiger partial charge >= 0.3 is 0 Å². The van der Waals surface area contributed by atoms with Crippen molar-refractivity contribution in [3.05, 3.63) is 29.8 Å². The van der Waals surface area contributed by atoms with E-state index in [9.17, 15) is 0 Å². The minimum absolute atomic E-state index is 0.0422. The monoisotopic (exact) mass is 274 g/mol. The molecule has 2 N–H and O–H groups in total. The van der Waals surface area contributed by atoms with E-state index in [1.165, 1.54) is 11.3 Å². The average molecular weight is 274 g/mol. The number of para-hydroxylation sites is 1. The predicted octanol–water partition coefficient (Wildman–Crippen LogP) is 2.58. The SMILES string of the molecule is CCOC1CC(N)(CN2CCc3ccccc32)C1(C)C. The zero-order chi connectivity index (χ0) is 14.4. The molecule has 0 spiro atoms. The van der Waals surface area contributed by atoms with Crippen molar-refractivity contribution in [2.24, 2.45) is 11.1 Å². The normalized spacial score (nSPS) is 31.0. The van der Waals surface area contributed by atoms with Gasteiger partial charge in [0, 0.05) is 36.3 Å². The summed E-state index contributed by atoms with van der Waals surface area (Å²) in [6.45, 7) is 9.35. The van der Waals surface area contributed by atoms with E-state index in [4.69, 9.17) is 10.5 Å². The summed E-state index contributed by atoms with van der Waals surface area (Å²) >= 11 is 0. The Bertz CT molecular complexity index is 500. The van der Waals surface area contributed by atoms with E-state index < -0.39 is 0 Å².